The average Bonchev–Trinajstić information content (AvgIpc) is 2.18. The van der Waals surface area contributed by atoms with Crippen molar-refractivity contribution in [2.75, 3.05) is 13.7 Å². The van der Waals surface area contributed by atoms with Gasteiger partial charge in [0.2, 0.25) is 0 Å². The second kappa shape index (κ2) is 5.06. The van der Waals surface area contributed by atoms with Crippen LogP contribution in [0.2, 0.25) is 0 Å². The summed E-state index contributed by atoms with van der Waals surface area (Å²) >= 11 is 0. The van der Waals surface area contributed by atoms with Crippen molar-refractivity contribution in [3.8, 4) is 11.5 Å². The van der Waals surface area contributed by atoms with Gasteiger partial charge in [-0.1, -0.05) is 13.8 Å². The van der Waals surface area contributed by atoms with E-state index in [4.69, 9.17) is 9.47 Å². The minimum atomic E-state index is 0.538. The first-order valence-electron chi connectivity index (χ1n) is 5.32. The summed E-state index contributed by atoms with van der Waals surface area (Å²) in [7, 11) is 1.69. The number of rotatable bonds is 4. The standard InChI is InChI=1S/C13H20O2/c1-9(2)8-15-13-7-10(3)6-12(14-5)11(13)4/h6-7,9H,8H2,1-5H3. The first kappa shape index (κ1) is 11.9. The molecule has 0 fully saturated rings. The first-order valence-corrected chi connectivity index (χ1v) is 5.32. The largest absolute Gasteiger partial charge is 0.496 e. The van der Waals surface area contributed by atoms with Gasteiger partial charge < -0.3 is 9.47 Å². The molecule has 0 unspecified atom stereocenters. The van der Waals surface area contributed by atoms with Gasteiger partial charge in [-0.2, -0.15) is 0 Å². The van der Waals surface area contributed by atoms with Crippen LogP contribution in [0, 0.1) is 19.8 Å². The van der Waals surface area contributed by atoms with Crippen molar-refractivity contribution in [3.05, 3.63) is 23.3 Å². The SMILES string of the molecule is COc1cc(C)cc(OCC(C)C)c1C. The lowest BCUT2D eigenvalue weighted by atomic mass is 10.1. The Morgan fingerprint density at radius 1 is 1.13 bits per heavy atom. The van der Waals surface area contributed by atoms with Crippen LogP contribution >= 0.6 is 0 Å². The third-order valence-electron chi connectivity index (χ3n) is 2.25. The molecule has 0 N–H and O–H groups in total. The van der Waals surface area contributed by atoms with E-state index in [1.807, 2.05) is 19.9 Å². The fourth-order valence-electron chi connectivity index (χ4n) is 1.41. The number of hydrogen-bond donors (Lipinski definition) is 0. The highest BCUT2D eigenvalue weighted by Gasteiger charge is 2.07. The van der Waals surface area contributed by atoms with Crippen LogP contribution in [0.15, 0.2) is 12.1 Å². The van der Waals surface area contributed by atoms with Gasteiger partial charge in [0.15, 0.2) is 0 Å². The zero-order chi connectivity index (χ0) is 11.4. The molecular formula is C13H20O2. The molecule has 0 aromatic heterocycles. The minimum absolute atomic E-state index is 0.538. The van der Waals surface area contributed by atoms with Crippen molar-refractivity contribution in [1.29, 1.82) is 0 Å². The summed E-state index contributed by atoms with van der Waals surface area (Å²) in [6.45, 7) is 9.09. The molecule has 0 atom stereocenters. The van der Waals surface area contributed by atoms with E-state index in [-0.39, 0.29) is 0 Å². The topological polar surface area (TPSA) is 18.5 Å². The zero-order valence-corrected chi connectivity index (χ0v) is 10.3. The van der Waals surface area contributed by atoms with E-state index in [0.717, 1.165) is 29.2 Å². The Morgan fingerprint density at radius 3 is 2.27 bits per heavy atom. The molecule has 0 heterocycles. The van der Waals surface area contributed by atoms with Crippen LogP contribution in [0.1, 0.15) is 25.0 Å². The van der Waals surface area contributed by atoms with E-state index < -0.39 is 0 Å². The Kier molecular flexibility index (Phi) is 4.01. The van der Waals surface area contributed by atoms with Crippen LogP contribution < -0.4 is 9.47 Å². The van der Waals surface area contributed by atoms with Crippen LogP contribution in [0.25, 0.3) is 0 Å². The van der Waals surface area contributed by atoms with E-state index in [9.17, 15) is 0 Å². The summed E-state index contributed by atoms with van der Waals surface area (Å²) < 4.78 is 11.0. The number of methoxy groups -OCH3 is 1. The van der Waals surface area contributed by atoms with E-state index in [0.29, 0.717) is 5.92 Å². The predicted octanol–water partition coefficient (Wildman–Crippen LogP) is 3.35. The van der Waals surface area contributed by atoms with Gasteiger partial charge in [0.05, 0.1) is 13.7 Å². The van der Waals surface area contributed by atoms with E-state index >= 15 is 0 Å². The maximum Gasteiger partial charge on any atom is 0.126 e. The van der Waals surface area contributed by atoms with Crippen molar-refractivity contribution in [2.24, 2.45) is 5.92 Å². The van der Waals surface area contributed by atoms with E-state index in [1.54, 1.807) is 7.11 Å². The molecule has 0 saturated heterocycles. The number of benzene rings is 1. The third-order valence-corrected chi connectivity index (χ3v) is 2.25. The van der Waals surface area contributed by atoms with Crippen molar-refractivity contribution in [1.82, 2.24) is 0 Å². The predicted molar refractivity (Wildman–Crippen MR) is 62.8 cm³/mol. The number of hydrogen-bond acceptors (Lipinski definition) is 2. The van der Waals surface area contributed by atoms with Crippen LogP contribution in [0.5, 0.6) is 11.5 Å². The van der Waals surface area contributed by atoms with Crippen LogP contribution in [0.4, 0.5) is 0 Å². The molecular weight excluding hydrogens is 188 g/mol. The monoisotopic (exact) mass is 208 g/mol. The van der Waals surface area contributed by atoms with Gasteiger partial charge in [-0.25, -0.2) is 0 Å². The smallest absolute Gasteiger partial charge is 0.126 e. The highest BCUT2D eigenvalue weighted by atomic mass is 16.5. The Bertz CT molecular complexity index is 330. The molecule has 0 aliphatic rings. The second-order valence-corrected chi connectivity index (χ2v) is 4.30. The van der Waals surface area contributed by atoms with Gasteiger partial charge >= 0.3 is 0 Å². The fraction of sp³-hybridized carbons (Fsp3) is 0.538. The van der Waals surface area contributed by atoms with E-state index in [2.05, 4.69) is 19.9 Å². The van der Waals surface area contributed by atoms with Gasteiger partial charge in [0.1, 0.15) is 11.5 Å². The average molecular weight is 208 g/mol. The maximum absolute atomic E-state index is 5.74. The minimum Gasteiger partial charge on any atom is -0.496 e. The number of aryl methyl sites for hydroxylation is 1. The maximum atomic E-state index is 5.74. The summed E-state index contributed by atoms with van der Waals surface area (Å²) in [4.78, 5) is 0. The Morgan fingerprint density at radius 2 is 1.73 bits per heavy atom. The summed E-state index contributed by atoms with van der Waals surface area (Å²) in [5, 5.41) is 0. The van der Waals surface area contributed by atoms with E-state index in [1.165, 1.54) is 0 Å². The summed E-state index contributed by atoms with van der Waals surface area (Å²) in [5.74, 6) is 2.37. The molecule has 1 aromatic carbocycles. The van der Waals surface area contributed by atoms with Crippen molar-refractivity contribution in [2.45, 2.75) is 27.7 Å². The lowest BCUT2D eigenvalue weighted by Gasteiger charge is -2.14. The Balaban J connectivity index is 2.91. The molecule has 2 heteroatoms. The molecule has 0 spiro atoms. The highest BCUT2D eigenvalue weighted by molar-refractivity contribution is 5.46. The fourth-order valence-corrected chi connectivity index (χ4v) is 1.41. The first-order chi connectivity index (χ1) is 7.04. The van der Waals surface area contributed by atoms with Crippen molar-refractivity contribution in [3.63, 3.8) is 0 Å². The second-order valence-electron chi connectivity index (χ2n) is 4.30. The third kappa shape index (κ3) is 3.15. The van der Waals surface area contributed by atoms with Crippen LogP contribution in [0.3, 0.4) is 0 Å². The molecule has 1 rings (SSSR count). The number of ether oxygens (including phenoxy) is 2. The normalized spacial score (nSPS) is 10.5. The van der Waals surface area contributed by atoms with Gasteiger partial charge in [-0.3, -0.25) is 0 Å². The lowest BCUT2D eigenvalue weighted by Crippen LogP contribution is -2.06. The zero-order valence-electron chi connectivity index (χ0n) is 10.3. The molecule has 0 bridgehead atoms. The van der Waals surface area contributed by atoms with Gasteiger partial charge in [-0.05, 0) is 37.5 Å². The van der Waals surface area contributed by atoms with Gasteiger partial charge in [0.25, 0.3) is 0 Å². The summed E-state index contributed by atoms with van der Waals surface area (Å²) in [6.07, 6.45) is 0. The molecule has 0 amide bonds. The molecule has 0 radical (unpaired) electrons. The summed E-state index contributed by atoms with van der Waals surface area (Å²) in [6, 6.07) is 4.08. The molecule has 1 aromatic rings. The van der Waals surface area contributed by atoms with Crippen molar-refractivity contribution < 1.29 is 9.47 Å². The molecule has 2 nitrogen and oxygen atoms in total. The molecule has 0 aliphatic heterocycles. The quantitative estimate of drug-likeness (QED) is 0.755. The molecule has 84 valence electrons. The summed E-state index contributed by atoms with van der Waals surface area (Å²) in [5.41, 5.74) is 2.24. The van der Waals surface area contributed by atoms with Crippen LogP contribution in [-0.2, 0) is 0 Å². The molecule has 15 heavy (non-hydrogen) atoms. The molecule has 0 aliphatic carbocycles. The van der Waals surface area contributed by atoms with Gasteiger partial charge in [0, 0.05) is 5.56 Å². The Hall–Kier alpha value is -1.18. The lowest BCUT2D eigenvalue weighted by molar-refractivity contribution is 0.267. The molecule has 0 saturated carbocycles. The highest BCUT2D eigenvalue weighted by Crippen LogP contribution is 2.29. The Labute approximate surface area is 92.2 Å². The van der Waals surface area contributed by atoms with Gasteiger partial charge in [-0.15, -0.1) is 0 Å². The van der Waals surface area contributed by atoms with Crippen molar-refractivity contribution >= 4 is 0 Å². The van der Waals surface area contributed by atoms with Crippen LogP contribution in [-0.4, -0.2) is 13.7 Å².